The number of pyridine rings is 1. The van der Waals surface area contributed by atoms with Gasteiger partial charge in [0.05, 0.1) is 17.8 Å². The fourth-order valence-electron chi connectivity index (χ4n) is 3.67. The van der Waals surface area contributed by atoms with Crippen molar-refractivity contribution in [2.75, 3.05) is 0 Å². The molecule has 3 aromatic carbocycles. The average molecular weight is 391 g/mol. The molecule has 0 aliphatic rings. The van der Waals surface area contributed by atoms with E-state index in [-0.39, 0.29) is 5.69 Å². The van der Waals surface area contributed by atoms with E-state index in [1.54, 1.807) is 0 Å². The molecule has 0 radical (unpaired) electrons. The summed E-state index contributed by atoms with van der Waals surface area (Å²) < 4.78 is 40.1. The van der Waals surface area contributed by atoms with Crippen LogP contribution in [-0.4, -0.2) is 11.2 Å². The van der Waals surface area contributed by atoms with Crippen LogP contribution in [0.25, 0.3) is 33.2 Å². The quantitative estimate of drug-likeness (QED) is 0.357. The number of nitrogens with zero attached hydrogens (tertiary/aromatic N) is 1. The van der Waals surface area contributed by atoms with Crippen LogP contribution >= 0.6 is 0 Å². The number of halogens is 3. The minimum Gasteiger partial charge on any atom is -0.251 e. The number of benzene rings is 3. The molecular formula is C25H20F3N. The van der Waals surface area contributed by atoms with E-state index in [0.717, 1.165) is 33.2 Å². The predicted molar refractivity (Wildman–Crippen MR) is 112 cm³/mol. The van der Waals surface area contributed by atoms with Crippen LogP contribution in [0, 0.1) is 13.8 Å². The maximum atomic E-state index is 13.4. The molecule has 4 rings (SSSR count). The van der Waals surface area contributed by atoms with Gasteiger partial charge >= 0.3 is 6.18 Å². The number of aryl methyl sites for hydroxylation is 2. The zero-order valence-electron chi connectivity index (χ0n) is 16.2. The van der Waals surface area contributed by atoms with Gasteiger partial charge in [-0.15, -0.1) is 0 Å². The molecule has 1 nitrogen and oxygen atoms in total. The minimum atomic E-state index is -4.33. The van der Waals surface area contributed by atoms with Crippen molar-refractivity contribution in [1.29, 1.82) is 0 Å². The lowest BCUT2D eigenvalue weighted by atomic mass is 9.90. The summed E-state index contributed by atoms with van der Waals surface area (Å²) in [5.41, 5.74) is 5.23. The summed E-state index contributed by atoms with van der Waals surface area (Å²) in [5, 5.41) is 1.36. The first kappa shape index (κ1) is 19.2. The van der Waals surface area contributed by atoms with Gasteiger partial charge in [0.25, 0.3) is 0 Å². The molecule has 0 unspecified atom stereocenters. The van der Waals surface area contributed by atoms with Gasteiger partial charge in [-0.3, -0.25) is 4.98 Å². The molecule has 0 fully saturated rings. The number of aromatic nitrogens is 1. The van der Waals surface area contributed by atoms with Gasteiger partial charge in [-0.25, -0.2) is 0 Å². The summed E-state index contributed by atoms with van der Waals surface area (Å²) in [7, 11) is 0. The largest absolute Gasteiger partial charge is 0.394 e. The third-order valence-electron chi connectivity index (χ3n) is 5.18. The maximum absolute atomic E-state index is 13.4. The van der Waals surface area contributed by atoms with E-state index in [9.17, 15) is 13.2 Å². The second-order valence-electron chi connectivity index (χ2n) is 7.29. The van der Waals surface area contributed by atoms with Crippen LogP contribution in [-0.2, 0) is 6.42 Å². The Morgan fingerprint density at radius 2 is 1.24 bits per heavy atom. The maximum Gasteiger partial charge on any atom is 0.394 e. The van der Waals surface area contributed by atoms with Crippen LogP contribution in [0.15, 0.2) is 72.8 Å². The van der Waals surface area contributed by atoms with Crippen molar-refractivity contribution in [1.82, 2.24) is 4.98 Å². The average Bonchev–Trinajstić information content (AvgIpc) is 2.69. The number of alkyl halides is 3. The summed E-state index contributed by atoms with van der Waals surface area (Å²) in [6.45, 7) is 3.90. The van der Waals surface area contributed by atoms with E-state index in [0.29, 0.717) is 11.1 Å². The Labute approximate surface area is 167 Å². The highest BCUT2D eigenvalue weighted by Crippen LogP contribution is 2.40. The molecule has 0 aliphatic heterocycles. The number of hydrogen-bond donors (Lipinski definition) is 0. The van der Waals surface area contributed by atoms with Crippen molar-refractivity contribution >= 4 is 10.8 Å². The van der Waals surface area contributed by atoms with Crippen LogP contribution in [0.1, 0.15) is 16.8 Å². The molecule has 0 aliphatic carbocycles. The zero-order chi connectivity index (χ0) is 20.6. The van der Waals surface area contributed by atoms with Crippen LogP contribution < -0.4 is 0 Å². The van der Waals surface area contributed by atoms with Gasteiger partial charge in [-0.2, -0.15) is 13.2 Å². The molecule has 0 amide bonds. The molecule has 0 atom stereocenters. The molecule has 4 aromatic rings. The topological polar surface area (TPSA) is 12.9 Å². The first-order valence-corrected chi connectivity index (χ1v) is 9.45. The molecule has 146 valence electrons. The lowest BCUT2D eigenvalue weighted by molar-refractivity contribution is -0.127. The summed E-state index contributed by atoms with van der Waals surface area (Å²) >= 11 is 0. The third-order valence-corrected chi connectivity index (χ3v) is 5.18. The highest BCUT2D eigenvalue weighted by Gasteiger charge is 2.31. The van der Waals surface area contributed by atoms with Gasteiger partial charge in [0.2, 0.25) is 0 Å². The first-order chi connectivity index (χ1) is 13.8. The Morgan fingerprint density at radius 3 is 1.79 bits per heavy atom. The van der Waals surface area contributed by atoms with Gasteiger partial charge in [0, 0.05) is 16.5 Å². The van der Waals surface area contributed by atoms with Crippen molar-refractivity contribution in [2.24, 2.45) is 0 Å². The van der Waals surface area contributed by atoms with Crippen LogP contribution in [0.3, 0.4) is 0 Å². The lowest BCUT2D eigenvalue weighted by Crippen LogP contribution is -2.14. The van der Waals surface area contributed by atoms with E-state index in [1.807, 2.05) is 86.6 Å². The lowest BCUT2D eigenvalue weighted by Gasteiger charge is -2.19. The Hall–Kier alpha value is -3.14. The van der Waals surface area contributed by atoms with E-state index >= 15 is 0 Å². The third kappa shape index (κ3) is 3.88. The smallest absolute Gasteiger partial charge is 0.251 e. The van der Waals surface area contributed by atoms with Gasteiger partial charge in [-0.05, 0) is 42.0 Å². The molecular weight excluding hydrogens is 371 g/mol. The van der Waals surface area contributed by atoms with E-state index < -0.39 is 12.6 Å². The molecule has 1 aromatic heterocycles. The Morgan fingerprint density at radius 1 is 0.724 bits per heavy atom. The molecule has 4 heteroatoms. The van der Waals surface area contributed by atoms with Crippen LogP contribution in [0.5, 0.6) is 0 Å². The van der Waals surface area contributed by atoms with Gasteiger partial charge < -0.3 is 0 Å². The fraction of sp³-hybridized carbons (Fsp3) is 0.160. The van der Waals surface area contributed by atoms with Crippen molar-refractivity contribution < 1.29 is 13.2 Å². The Kier molecular flexibility index (Phi) is 4.87. The number of fused-ring (bicyclic) bond motifs is 1. The van der Waals surface area contributed by atoms with Crippen molar-refractivity contribution in [3.05, 3.63) is 89.6 Å². The molecule has 1 heterocycles. The van der Waals surface area contributed by atoms with Crippen molar-refractivity contribution in [3.63, 3.8) is 0 Å². The van der Waals surface area contributed by atoms with Gasteiger partial charge in [-0.1, -0.05) is 66.7 Å². The number of hydrogen-bond acceptors (Lipinski definition) is 1. The number of rotatable bonds is 3. The van der Waals surface area contributed by atoms with Crippen LogP contribution in [0.2, 0.25) is 0 Å². The van der Waals surface area contributed by atoms with Crippen LogP contribution in [0.4, 0.5) is 13.2 Å². The van der Waals surface area contributed by atoms with Crippen molar-refractivity contribution in [3.8, 4) is 22.4 Å². The second kappa shape index (κ2) is 7.36. The molecule has 0 saturated carbocycles. The predicted octanol–water partition coefficient (Wildman–Crippen LogP) is 7.29. The summed E-state index contributed by atoms with van der Waals surface area (Å²) in [6, 6.07) is 23.0. The van der Waals surface area contributed by atoms with Gasteiger partial charge in [0.15, 0.2) is 0 Å². The summed E-state index contributed by atoms with van der Waals surface area (Å²) in [5.74, 6) is 0. The summed E-state index contributed by atoms with van der Waals surface area (Å²) in [4.78, 5) is 4.58. The fourth-order valence-corrected chi connectivity index (χ4v) is 3.67. The molecule has 29 heavy (non-hydrogen) atoms. The first-order valence-electron chi connectivity index (χ1n) is 9.45. The summed E-state index contributed by atoms with van der Waals surface area (Å²) in [6.07, 6.45) is -5.39. The molecule has 0 saturated heterocycles. The minimum absolute atomic E-state index is 0.0640. The molecule has 0 spiro atoms. The SMILES string of the molecule is Cc1cc2c(CC(F)(F)F)nc(-c3ccccc3)c(-c3ccccc3)c2cc1C. The normalized spacial score (nSPS) is 11.8. The van der Waals surface area contributed by atoms with E-state index in [2.05, 4.69) is 4.98 Å². The van der Waals surface area contributed by atoms with Gasteiger partial charge in [0.1, 0.15) is 0 Å². The molecule has 0 bridgehead atoms. The highest BCUT2D eigenvalue weighted by atomic mass is 19.4. The monoisotopic (exact) mass is 391 g/mol. The zero-order valence-corrected chi connectivity index (χ0v) is 16.2. The second-order valence-corrected chi connectivity index (χ2v) is 7.29. The highest BCUT2D eigenvalue weighted by molar-refractivity contribution is 6.04. The molecule has 0 N–H and O–H groups in total. The standard InChI is InChI=1S/C25H20F3N/c1-16-13-20-21(14-17(16)2)23(18-9-5-3-6-10-18)24(19-11-7-4-8-12-19)29-22(20)15-25(26,27)28/h3-14H,15H2,1-2H3. The van der Waals surface area contributed by atoms with Crippen molar-refractivity contribution in [2.45, 2.75) is 26.4 Å². The Balaban J connectivity index is 2.15. The van der Waals surface area contributed by atoms with E-state index in [1.165, 1.54) is 0 Å². The van der Waals surface area contributed by atoms with E-state index in [4.69, 9.17) is 0 Å². The Bertz CT molecular complexity index is 1160.